The van der Waals surface area contributed by atoms with Gasteiger partial charge in [0, 0.05) is 12.6 Å². The highest BCUT2D eigenvalue weighted by Gasteiger charge is 2.19. The van der Waals surface area contributed by atoms with E-state index >= 15 is 0 Å². The van der Waals surface area contributed by atoms with Crippen LogP contribution in [0, 0.1) is 0 Å². The molecule has 1 aromatic rings. The Morgan fingerprint density at radius 1 is 1.18 bits per heavy atom. The maximum atomic E-state index is 11.9. The molecule has 0 amide bonds. The molecule has 4 heteroatoms. The molecule has 0 spiro atoms. The van der Waals surface area contributed by atoms with Crippen LogP contribution in [-0.2, 0) is 17.9 Å². The highest BCUT2D eigenvalue weighted by atomic mass is 19.3. The molecule has 0 aromatic heterocycles. The topological polar surface area (TPSA) is 21.3 Å². The maximum absolute atomic E-state index is 11.9. The van der Waals surface area contributed by atoms with Crippen molar-refractivity contribution in [1.29, 1.82) is 0 Å². The Bertz CT molecular complexity index is 336. The van der Waals surface area contributed by atoms with Crippen molar-refractivity contribution in [2.75, 3.05) is 6.61 Å². The van der Waals surface area contributed by atoms with E-state index in [4.69, 9.17) is 4.74 Å². The van der Waals surface area contributed by atoms with Gasteiger partial charge >= 0.3 is 0 Å². The second kappa shape index (κ2) is 6.07. The number of rotatable bonds is 7. The van der Waals surface area contributed by atoms with Gasteiger partial charge in [-0.15, -0.1) is 0 Å². The third-order valence-electron chi connectivity index (χ3n) is 2.71. The lowest BCUT2D eigenvalue weighted by Crippen LogP contribution is -2.15. The molecule has 1 N–H and O–H groups in total. The second-order valence-electron chi connectivity index (χ2n) is 4.38. The van der Waals surface area contributed by atoms with Crippen molar-refractivity contribution in [1.82, 2.24) is 5.32 Å². The number of ether oxygens (including phenoxy) is 1. The molecule has 0 heterocycles. The van der Waals surface area contributed by atoms with Crippen molar-refractivity contribution in [2.45, 2.75) is 38.5 Å². The van der Waals surface area contributed by atoms with Crippen LogP contribution in [-0.4, -0.2) is 19.1 Å². The summed E-state index contributed by atoms with van der Waals surface area (Å²) in [5.74, 6) is 0. The number of hydrogen-bond acceptors (Lipinski definition) is 2. The van der Waals surface area contributed by atoms with Crippen molar-refractivity contribution < 1.29 is 13.5 Å². The summed E-state index contributed by atoms with van der Waals surface area (Å²) in [6.07, 6.45) is 0.163. The molecule has 94 valence electrons. The van der Waals surface area contributed by atoms with Gasteiger partial charge in [0.2, 0.25) is 0 Å². The second-order valence-corrected chi connectivity index (χ2v) is 4.38. The third-order valence-corrected chi connectivity index (χ3v) is 2.71. The van der Waals surface area contributed by atoms with Crippen molar-refractivity contribution in [2.24, 2.45) is 0 Å². The molecule has 1 fully saturated rings. The fraction of sp³-hybridized carbons (Fsp3) is 0.538. The number of alkyl halides is 2. The summed E-state index contributed by atoms with van der Waals surface area (Å²) in [4.78, 5) is 0. The van der Waals surface area contributed by atoms with Crippen molar-refractivity contribution in [3.05, 3.63) is 35.4 Å². The predicted molar refractivity (Wildman–Crippen MR) is 62.0 cm³/mol. The standard InChI is InChI=1S/C13H17F2NO/c14-13(15)9-17-8-11-3-1-10(2-4-11)7-16-12-5-6-12/h1-4,12-13,16H,5-9H2. The molecule has 2 rings (SSSR count). The smallest absolute Gasteiger partial charge is 0.261 e. The summed E-state index contributed by atoms with van der Waals surface area (Å²) in [5, 5.41) is 3.42. The number of halogens is 2. The van der Waals surface area contributed by atoms with Gasteiger partial charge in [0.05, 0.1) is 6.61 Å². The summed E-state index contributed by atoms with van der Waals surface area (Å²) in [6, 6.07) is 8.57. The van der Waals surface area contributed by atoms with Crippen LogP contribution in [0.3, 0.4) is 0 Å². The van der Waals surface area contributed by atoms with Gasteiger partial charge in [-0.2, -0.15) is 0 Å². The van der Waals surface area contributed by atoms with Gasteiger partial charge in [0.1, 0.15) is 6.61 Å². The Hall–Kier alpha value is -1.00. The Morgan fingerprint density at radius 2 is 1.82 bits per heavy atom. The van der Waals surface area contributed by atoms with Crippen LogP contribution in [0.25, 0.3) is 0 Å². The number of hydrogen-bond donors (Lipinski definition) is 1. The van der Waals surface area contributed by atoms with Gasteiger partial charge in [0.25, 0.3) is 6.43 Å². The lowest BCUT2D eigenvalue weighted by molar-refractivity contribution is 0.00987. The van der Waals surface area contributed by atoms with E-state index in [0.717, 1.165) is 12.1 Å². The quantitative estimate of drug-likeness (QED) is 0.792. The first kappa shape index (κ1) is 12.5. The first-order valence-corrected chi connectivity index (χ1v) is 5.91. The van der Waals surface area contributed by atoms with E-state index in [9.17, 15) is 8.78 Å². The summed E-state index contributed by atoms with van der Waals surface area (Å²) in [7, 11) is 0. The van der Waals surface area contributed by atoms with Crippen LogP contribution in [0.4, 0.5) is 8.78 Å². The lowest BCUT2D eigenvalue weighted by Gasteiger charge is -2.06. The van der Waals surface area contributed by atoms with E-state index in [1.54, 1.807) is 0 Å². The zero-order valence-electron chi connectivity index (χ0n) is 9.66. The molecule has 1 aromatic carbocycles. The number of nitrogens with one attached hydrogen (secondary N) is 1. The Labute approximate surface area is 100.0 Å². The summed E-state index contributed by atoms with van der Waals surface area (Å²) < 4.78 is 28.6. The zero-order valence-corrected chi connectivity index (χ0v) is 9.66. The largest absolute Gasteiger partial charge is 0.371 e. The highest BCUT2D eigenvalue weighted by molar-refractivity contribution is 5.22. The van der Waals surface area contributed by atoms with Gasteiger partial charge in [-0.3, -0.25) is 0 Å². The monoisotopic (exact) mass is 241 g/mol. The Balaban J connectivity index is 1.72. The van der Waals surface area contributed by atoms with Crippen LogP contribution in [0.2, 0.25) is 0 Å². The van der Waals surface area contributed by atoms with E-state index in [1.165, 1.54) is 18.4 Å². The minimum atomic E-state index is -2.39. The molecule has 0 radical (unpaired) electrons. The third kappa shape index (κ3) is 4.79. The normalized spacial score (nSPS) is 15.5. The van der Waals surface area contributed by atoms with Gasteiger partial charge < -0.3 is 10.1 Å². The molecular formula is C13H17F2NO. The predicted octanol–water partition coefficient (Wildman–Crippen LogP) is 2.72. The van der Waals surface area contributed by atoms with Crippen LogP contribution in [0.5, 0.6) is 0 Å². The highest BCUT2D eigenvalue weighted by Crippen LogP contribution is 2.19. The van der Waals surface area contributed by atoms with Gasteiger partial charge in [-0.05, 0) is 24.0 Å². The molecule has 0 atom stereocenters. The first-order valence-electron chi connectivity index (χ1n) is 5.91. The van der Waals surface area contributed by atoms with Crippen LogP contribution >= 0.6 is 0 Å². The lowest BCUT2D eigenvalue weighted by atomic mass is 10.1. The minimum Gasteiger partial charge on any atom is -0.371 e. The summed E-state index contributed by atoms with van der Waals surface area (Å²) >= 11 is 0. The average molecular weight is 241 g/mol. The minimum absolute atomic E-state index is 0.251. The molecule has 0 aliphatic heterocycles. The molecule has 0 bridgehead atoms. The molecule has 1 saturated carbocycles. The van der Waals surface area contributed by atoms with E-state index in [-0.39, 0.29) is 6.61 Å². The van der Waals surface area contributed by atoms with E-state index < -0.39 is 13.0 Å². The maximum Gasteiger partial charge on any atom is 0.261 e. The van der Waals surface area contributed by atoms with E-state index in [0.29, 0.717) is 6.04 Å². The van der Waals surface area contributed by atoms with Gasteiger partial charge in [-0.1, -0.05) is 24.3 Å². The number of benzene rings is 1. The van der Waals surface area contributed by atoms with E-state index in [1.807, 2.05) is 24.3 Å². The SMILES string of the molecule is FC(F)COCc1ccc(CNC2CC2)cc1. The average Bonchev–Trinajstić information content (AvgIpc) is 3.11. The fourth-order valence-corrected chi connectivity index (χ4v) is 1.57. The van der Waals surface area contributed by atoms with E-state index in [2.05, 4.69) is 5.32 Å². The summed E-state index contributed by atoms with van der Waals surface area (Å²) in [6.45, 7) is 0.633. The Kier molecular flexibility index (Phi) is 4.45. The molecule has 1 aliphatic rings. The van der Waals surface area contributed by atoms with Crippen LogP contribution in [0.15, 0.2) is 24.3 Å². The molecule has 0 unspecified atom stereocenters. The Morgan fingerprint density at radius 3 is 2.41 bits per heavy atom. The first-order chi connectivity index (χ1) is 8.24. The zero-order chi connectivity index (χ0) is 12.1. The molecular weight excluding hydrogens is 224 g/mol. The van der Waals surface area contributed by atoms with Crippen molar-refractivity contribution in [3.8, 4) is 0 Å². The molecule has 1 aliphatic carbocycles. The molecule has 2 nitrogen and oxygen atoms in total. The van der Waals surface area contributed by atoms with Crippen molar-refractivity contribution in [3.63, 3.8) is 0 Å². The molecule has 17 heavy (non-hydrogen) atoms. The van der Waals surface area contributed by atoms with Gasteiger partial charge in [-0.25, -0.2) is 8.78 Å². The molecule has 0 saturated heterocycles. The van der Waals surface area contributed by atoms with Crippen molar-refractivity contribution >= 4 is 0 Å². The fourth-order valence-electron chi connectivity index (χ4n) is 1.57. The van der Waals surface area contributed by atoms with Crippen LogP contribution in [0.1, 0.15) is 24.0 Å². The van der Waals surface area contributed by atoms with Gasteiger partial charge in [0.15, 0.2) is 0 Å². The summed E-state index contributed by atoms with van der Waals surface area (Å²) in [5.41, 5.74) is 2.15. The van der Waals surface area contributed by atoms with Crippen LogP contribution < -0.4 is 5.32 Å².